The van der Waals surface area contributed by atoms with Crippen LogP contribution in [0.5, 0.6) is 0 Å². The standard InChI is InChI=1S/C61H92N6O12/c1-14-75-53(70)50-40-46(21-15-27-62-51(68)48-36-42(23-17-29-64-54(71)76-58(2,3)4)33-43(37-48)24-18-30-65-55(72)77-59(5,6)7)35-47(41-50)22-16-28-63-52(69)49-38-44(25-19-31-66-56(73)78-60(8,9)10)34-45(39-49)26-20-32-67-57(74)79-61(11,12)13/h33-41H,14-32H2,1-13H3,(H,62,68)(H,63,69)(H,64,71)(H,65,72)(H,66,73)(H,67,74). The third kappa shape index (κ3) is 30.2. The van der Waals surface area contributed by atoms with Gasteiger partial charge in [-0.2, -0.15) is 0 Å². The lowest BCUT2D eigenvalue weighted by molar-refractivity contribution is 0.0515. The fourth-order valence-electron chi connectivity index (χ4n) is 8.13. The Kier molecular flexibility index (Phi) is 27.1. The van der Waals surface area contributed by atoms with Crippen molar-refractivity contribution in [3.8, 4) is 0 Å². The summed E-state index contributed by atoms with van der Waals surface area (Å²) < 4.78 is 26.8. The monoisotopic (exact) mass is 1100 g/mol. The predicted octanol–water partition coefficient (Wildman–Crippen LogP) is 10.4. The molecule has 3 rings (SSSR count). The maximum atomic E-state index is 13.7. The number of nitrogens with one attached hydrogen (secondary N) is 6. The molecule has 0 unspecified atom stereocenters. The minimum atomic E-state index is -0.608. The van der Waals surface area contributed by atoms with Crippen LogP contribution in [0.4, 0.5) is 19.2 Å². The molecular formula is C61H92N6O12. The van der Waals surface area contributed by atoms with Crippen molar-refractivity contribution in [1.29, 1.82) is 0 Å². The summed E-state index contributed by atoms with van der Waals surface area (Å²) in [5.74, 6) is -0.887. The Morgan fingerprint density at radius 3 is 0.759 bits per heavy atom. The highest BCUT2D eigenvalue weighted by Gasteiger charge is 2.20. The topological polar surface area (TPSA) is 238 Å². The van der Waals surface area contributed by atoms with Crippen molar-refractivity contribution in [2.75, 3.05) is 45.9 Å². The Labute approximate surface area is 469 Å². The van der Waals surface area contributed by atoms with Crippen molar-refractivity contribution >= 4 is 42.2 Å². The van der Waals surface area contributed by atoms with Gasteiger partial charge < -0.3 is 55.6 Å². The number of aryl methyl sites for hydroxylation is 6. The van der Waals surface area contributed by atoms with Crippen LogP contribution in [0.3, 0.4) is 0 Å². The Hall–Kier alpha value is -6.85. The van der Waals surface area contributed by atoms with Gasteiger partial charge in [0, 0.05) is 50.4 Å². The Morgan fingerprint density at radius 2 is 0.544 bits per heavy atom. The van der Waals surface area contributed by atoms with Crippen LogP contribution in [-0.2, 0) is 62.2 Å². The Balaban J connectivity index is 1.66. The van der Waals surface area contributed by atoms with Gasteiger partial charge in [-0.05, 0) is 237 Å². The summed E-state index contributed by atoms with van der Waals surface area (Å²) in [4.78, 5) is 89.3. The van der Waals surface area contributed by atoms with Crippen LogP contribution in [-0.4, -0.2) is 110 Å². The lowest BCUT2D eigenvalue weighted by Gasteiger charge is -2.19. The summed E-state index contributed by atoms with van der Waals surface area (Å²) in [7, 11) is 0. The summed E-state index contributed by atoms with van der Waals surface area (Å²) in [5.41, 5.74) is 4.60. The van der Waals surface area contributed by atoms with E-state index >= 15 is 0 Å². The van der Waals surface area contributed by atoms with E-state index in [0.29, 0.717) is 133 Å². The minimum Gasteiger partial charge on any atom is -0.462 e. The maximum absolute atomic E-state index is 13.7. The van der Waals surface area contributed by atoms with Gasteiger partial charge in [0.05, 0.1) is 12.2 Å². The van der Waals surface area contributed by atoms with Crippen molar-refractivity contribution in [2.24, 2.45) is 0 Å². The first-order chi connectivity index (χ1) is 37.0. The van der Waals surface area contributed by atoms with Crippen LogP contribution in [0.15, 0.2) is 54.6 Å². The molecule has 18 heteroatoms. The van der Waals surface area contributed by atoms with Gasteiger partial charge in [-0.1, -0.05) is 18.2 Å². The second-order valence-corrected chi connectivity index (χ2v) is 23.7. The molecule has 6 N–H and O–H groups in total. The zero-order chi connectivity index (χ0) is 58.8. The van der Waals surface area contributed by atoms with Gasteiger partial charge >= 0.3 is 30.3 Å². The smallest absolute Gasteiger partial charge is 0.407 e. The minimum absolute atomic E-state index is 0.222. The Morgan fingerprint density at radius 1 is 0.329 bits per heavy atom. The van der Waals surface area contributed by atoms with Crippen LogP contribution in [0, 0.1) is 0 Å². The van der Waals surface area contributed by atoms with Gasteiger partial charge in [0.2, 0.25) is 0 Å². The van der Waals surface area contributed by atoms with E-state index in [9.17, 15) is 33.6 Å². The molecule has 0 aliphatic rings. The molecule has 18 nitrogen and oxygen atoms in total. The summed E-state index contributed by atoms with van der Waals surface area (Å²) in [5, 5.41) is 17.3. The van der Waals surface area contributed by atoms with Crippen LogP contribution >= 0.6 is 0 Å². The van der Waals surface area contributed by atoms with Crippen molar-refractivity contribution in [3.05, 3.63) is 105 Å². The highest BCUT2D eigenvalue weighted by atomic mass is 16.6. The first kappa shape index (κ1) is 66.4. The Bertz CT molecular complexity index is 2220. The lowest BCUT2D eigenvalue weighted by Crippen LogP contribution is -2.33. The van der Waals surface area contributed by atoms with E-state index < -0.39 is 52.7 Å². The molecule has 0 heterocycles. The summed E-state index contributed by atoms with van der Waals surface area (Å²) in [6.07, 6.45) is 5.33. The highest BCUT2D eigenvalue weighted by molar-refractivity contribution is 5.95. The molecule has 3 aromatic rings. The number of amides is 6. The van der Waals surface area contributed by atoms with E-state index in [-0.39, 0.29) is 18.4 Å². The number of hydrogen-bond acceptors (Lipinski definition) is 12. The van der Waals surface area contributed by atoms with E-state index in [1.54, 1.807) is 90.0 Å². The van der Waals surface area contributed by atoms with Gasteiger partial charge in [-0.3, -0.25) is 9.59 Å². The fourth-order valence-corrected chi connectivity index (χ4v) is 8.13. The fraction of sp³-hybridized carbons (Fsp3) is 0.590. The number of rotatable bonds is 28. The SMILES string of the molecule is CCOC(=O)c1cc(CCCNC(=O)c2cc(CCCNC(=O)OC(C)(C)C)cc(CCCNC(=O)OC(C)(C)C)c2)cc(CCCNC(=O)c2cc(CCCNC(=O)OC(C)(C)C)cc(CCCNC(=O)OC(C)(C)C)c2)c1. The number of esters is 1. The van der Waals surface area contributed by atoms with Gasteiger partial charge in [0.25, 0.3) is 11.8 Å². The largest absolute Gasteiger partial charge is 0.462 e. The second kappa shape index (κ2) is 32.3. The third-order valence-corrected chi connectivity index (χ3v) is 11.3. The van der Waals surface area contributed by atoms with Crippen molar-refractivity contribution in [3.63, 3.8) is 0 Å². The van der Waals surface area contributed by atoms with Crippen LogP contribution < -0.4 is 31.9 Å². The molecule has 0 bridgehead atoms. The zero-order valence-corrected chi connectivity index (χ0v) is 49.5. The number of benzene rings is 3. The molecule has 0 aliphatic carbocycles. The van der Waals surface area contributed by atoms with Crippen molar-refractivity contribution in [2.45, 2.75) is 189 Å². The molecule has 438 valence electrons. The molecule has 0 fully saturated rings. The third-order valence-electron chi connectivity index (χ3n) is 11.3. The second-order valence-electron chi connectivity index (χ2n) is 23.7. The molecule has 0 spiro atoms. The zero-order valence-electron chi connectivity index (χ0n) is 49.5. The van der Waals surface area contributed by atoms with Gasteiger partial charge in [0.15, 0.2) is 0 Å². The lowest BCUT2D eigenvalue weighted by atomic mass is 9.98. The summed E-state index contributed by atoms with van der Waals surface area (Å²) in [6, 6.07) is 17.2. The van der Waals surface area contributed by atoms with E-state index in [2.05, 4.69) is 31.9 Å². The van der Waals surface area contributed by atoms with Gasteiger partial charge in [-0.25, -0.2) is 24.0 Å². The van der Waals surface area contributed by atoms with Crippen LogP contribution in [0.25, 0.3) is 0 Å². The molecule has 0 saturated carbocycles. The summed E-state index contributed by atoms with van der Waals surface area (Å²) in [6.45, 7) is 26.0. The van der Waals surface area contributed by atoms with E-state index in [4.69, 9.17) is 23.7 Å². The molecule has 0 saturated heterocycles. The summed E-state index contributed by atoms with van der Waals surface area (Å²) >= 11 is 0. The molecule has 3 aromatic carbocycles. The molecular weight excluding hydrogens is 1010 g/mol. The van der Waals surface area contributed by atoms with Crippen molar-refractivity contribution < 1.29 is 57.2 Å². The first-order valence-corrected chi connectivity index (χ1v) is 28.0. The van der Waals surface area contributed by atoms with Gasteiger partial charge in [0.1, 0.15) is 22.4 Å². The first-order valence-electron chi connectivity index (χ1n) is 28.0. The molecule has 0 atom stereocenters. The molecule has 0 aromatic heterocycles. The molecule has 0 radical (unpaired) electrons. The van der Waals surface area contributed by atoms with Crippen LogP contribution in [0.1, 0.15) is 193 Å². The molecule has 6 amide bonds. The molecule has 79 heavy (non-hydrogen) atoms. The number of carbonyl (C=O) groups excluding carboxylic acids is 7. The van der Waals surface area contributed by atoms with E-state index in [1.807, 2.05) is 54.6 Å². The average molecular weight is 1100 g/mol. The quantitative estimate of drug-likeness (QED) is 0.0226. The maximum Gasteiger partial charge on any atom is 0.407 e. The van der Waals surface area contributed by atoms with Crippen LogP contribution in [0.2, 0.25) is 0 Å². The number of ether oxygens (including phenoxy) is 5. The predicted molar refractivity (Wildman–Crippen MR) is 307 cm³/mol. The van der Waals surface area contributed by atoms with E-state index in [1.165, 1.54) is 0 Å². The molecule has 0 aliphatic heterocycles. The van der Waals surface area contributed by atoms with E-state index in [0.717, 1.165) is 33.4 Å². The average Bonchev–Trinajstić information content (AvgIpc) is 3.34. The normalized spacial score (nSPS) is 11.7. The van der Waals surface area contributed by atoms with Gasteiger partial charge in [-0.15, -0.1) is 0 Å². The number of carbonyl (C=O) groups is 7. The number of hydrogen-bond donors (Lipinski definition) is 6. The highest BCUT2D eigenvalue weighted by Crippen LogP contribution is 2.19. The number of alkyl carbamates (subject to hydrolysis) is 4. The van der Waals surface area contributed by atoms with Crippen molar-refractivity contribution in [1.82, 2.24) is 31.9 Å².